The Morgan fingerprint density at radius 1 is 0.420 bits per heavy atom. The fraction of sp³-hybridized carbons (Fsp3) is 0.682. The minimum atomic E-state index is -2.29. The van der Waals surface area contributed by atoms with Crippen LogP contribution in [0.4, 0.5) is 0 Å². The van der Waals surface area contributed by atoms with Crippen LogP contribution in [-0.2, 0) is 0 Å². The van der Waals surface area contributed by atoms with Crippen molar-refractivity contribution in [2.45, 2.75) is 172 Å². The molecule has 2 aromatic heterocycles. The molecule has 0 radical (unpaired) electrons. The van der Waals surface area contributed by atoms with Gasteiger partial charge in [0.25, 0.3) is 0 Å². The molecule has 6 heteroatoms. The first-order valence-electron chi connectivity index (χ1n) is 20.8. The predicted octanol–water partition coefficient (Wildman–Crippen LogP) is 15.0. The van der Waals surface area contributed by atoms with Gasteiger partial charge in [0, 0.05) is 0 Å². The van der Waals surface area contributed by atoms with Gasteiger partial charge in [-0.1, -0.05) is 78.1 Å². The summed E-state index contributed by atoms with van der Waals surface area (Å²) in [6.45, 7) is 6.20. The molecule has 0 amide bonds. The van der Waals surface area contributed by atoms with Gasteiger partial charge in [-0.15, -0.1) is 0 Å². The second kappa shape index (κ2) is 21.6. The summed E-state index contributed by atoms with van der Waals surface area (Å²) in [6, 6.07) is 9.84. The molecule has 0 atom stereocenters. The van der Waals surface area contributed by atoms with Gasteiger partial charge in [0.15, 0.2) is 0 Å². The van der Waals surface area contributed by atoms with Crippen LogP contribution in [0.15, 0.2) is 24.3 Å². The summed E-state index contributed by atoms with van der Waals surface area (Å²) in [5.74, 6) is 2.17. The van der Waals surface area contributed by atoms with Gasteiger partial charge in [-0.25, -0.2) is 0 Å². The van der Waals surface area contributed by atoms with Gasteiger partial charge in [0.2, 0.25) is 0 Å². The van der Waals surface area contributed by atoms with Crippen LogP contribution in [0.5, 0.6) is 11.5 Å². The summed E-state index contributed by atoms with van der Waals surface area (Å²) in [5.41, 5.74) is 0. The van der Waals surface area contributed by atoms with Crippen LogP contribution in [0.3, 0.4) is 0 Å². The molecule has 50 heavy (non-hydrogen) atoms. The van der Waals surface area contributed by atoms with E-state index in [1.165, 1.54) is 147 Å². The van der Waals surface area contributed by atoms with E-state index >= 15 is 0 Å². The first kappa shape index (κ1) is 42.6. The fourth-order valence-corrected chi connectivity index (χ4v) is 19.9. The molecule has 0 aliphatic heterocycles. The monoisotopic (exact) mass is 936 g/mol. The van der Waals surface area contributed by atoms with Crippen LogP contribution in [0.25, 0.3) is 30.9 Å². The SMILES string of the molecule is CCCCCCCCCCCCOc1cc2c[c]([Sn]([CH3])([CH3])[CH3])sc2c2c(OCCCCCCCCCCCC)cc3c[c]([Sn]([CH3])([CH3])[CH3])sc3c12. The molecule has 0 bridgehead atoms. The Labute approximate surface area is 323 Å². The van der Waals surface area contributed by atoms with E-state index in [1.54, 1.807) is 5.79 Å². The van der Waals surface area contributed by atoms with Gasteiger partial charge < -0.3 is 0 Å². The Balaban J connectivity index is 1.54. The van der Waals surface area contributed by atoms with E-state index in [0.29, 0.717) is 0 Å². The molecule has 0 spiro atoms. The molecule has 280 valence electrons. The van der Waals surface area contributed by atoms with Crippen molar-refractivity contribution in [3.8, 4) is 11.5 Å². The summed E-state index contributed by atoms with van der Waals surface area (Å²) in [4.78, 5) is 15.3. The van der Waals surface area contributed by atoms with E-state index in [-0.39, 0.29) is 0 Å². The number of benzene rings is 2. The number of fused-ring (bicyclic) bond motifs is 5. The maximum absolute atomic E-state index is 6.85. The zero-order valence-electron chi connectivity index (χ0n) is 33.5. The van der Waals surface area contributed by atoms with Crippen molar-refractivity contribution in [3.63, 3.8) is 0 Å². The normalized spacial score (nSPS) is 12.6. The average molecular weight is 935 g/mol. The number of thiophene rings is 2. The van der Waals surface area contributed by atoms with Gasteiger partial charge in [-0.05, 0) is 0 Å². The molecule has 2 nitrogen and oxygen atoms in total. The summed E-state index contributed by atoms with van der Waals surface area (Å²) < 4.78 is 19.8. The van der Waals surface area contributed by atoms with Gasteiger partial charge >= 0.3 is 248 Å². The van der Waals surface area contributed by atoms with Crippen molar-refractivity contribution in [2.75, 3.05) is 13.2 Å². The number of hydrogen-bond acceptors (Lipinski definition) is 4. The van der Waals surface area contributed by atoms with Crippen molar-refractivity contribution in [2.24, 2.45) is 0 Å². The zero-order valence-corrected chi connectivity index (χ0v) is 40.8. The van der Waals surface area contributed by atoms with Crippen LogP contribution in [-0.4, -0.2) is 50.0 Å². The third-order valence-corrected chi connectivity index (χ3v) is 31.5. The summed E-state index contributed by atoms with van der Waals surface area (Å²) in [6.07, 6.45) is 26.9. The first-order valence-corrected chi connectivity index (χ1v) is 42.4. The fourth-order valence-electron chi connectivity index (χ4n) is 7.05. The quantitative estimate of drug-likeness (QED) is 0.0461. The van der Waals surface area contributed by atoms with Crippen LogP contribution in [0.1, 0.15) is 142 Å². The standard InChI is InChI=1S/C38H54O2S2.6CH3.2Sn/c1-3-5-7-9-11-13-15-17-19-21-25-39-33-29-31-23-27-42-38(31)36-34(30-32-24-28-41-37(32)35(33)36)40-26-22-20-18-16-14-12-10-8-6-4-2;;;;;;;;/h23-24,29-30H,3-22,25-26H2,1-2H3;6*1H3;;. The summed E-state index contributed by atoms with van der Waals surface area (Å²) in [7, 11) is 0. The van der Waals surface area contributed by atoms with E-state index in [2.05, 4.69) is 90.4 Å². The molecule has 2 aromatic carbocycles. The Bertz CT molecular complexity index is 1450. The van der Waals surface area contributed by atoms with Crippen LogP contribution >= 0.6 is 22.7 Å². The molecule has 0 saturated heterocycles. The number of hydrogen-bond donors (Lipinski definition) is 0. The summed E-state index contributed by atoms with van der Waals surface area (Å²) in [5, 5.41) is 5.36. The van der Waals surface area contributed by atoms with E-state index < -0.39 is 36.8 Å². The van der Waals surface area contributed by atoms with Crippen molar-refractivity contribution in [1.82, 2.24) is 0 Å². The molecule has 4 rings (SSSR count). The van der Waals surface area contributed by atoms with Crippen LogP contribution < -0.4 is 15.3 Å². The molecular formula is C44H72O2S2Sn2. The zero-order chi connectivity index (χ0) is 36.0. The van der Waals surface area contributed by atoms with Crippen molar-refractivity contribution >= 4 is 96.2 Å². The van der Waals surface area contributed by atoms with Gasteiger partial charge in [-0.3, -0.25) is 0 Å². The molecule has 0 saturated carbocycles. The third-order valence-electron chi connectivity index (χ3n) is 10.3. The Morgan fingerprint density at radius 2 is 0.720 bits per heavy atom. The van der Waals surface area contributed by atoms with Crippen LogP contribution in [0, 0.1) is 0 Å². The molecule has 0 unspecified atom stereocenters. The molecule has 0 N–H and O–H groups in total. The molecular weight excluding hydrogens is 862 g/mol. The van der Waals surface area contributed by atoms with Crippen molar-refractivity contribution < 1.29 is 9.47 Å². The second-order valence-electron chi connectivity index (χ2n) is 17.1. The summed E-state index contributed by atoms with van der Waals surface area (Å²) >= 11 is -0.462. The van der Waals surface area contributed by atoms with E-state index in [4.69, 9.17) is 9.47 Å². The number of ether oxygens (including phenoxy) is 2. The number of rotatable bonds is 26. The Kier molecular flexibility index (Phi) is 18.4. The third kappa shape index (κ3) is 13.0. The molecule has 2 heterocycles. The van der Waals surface area contributed by atoms with Gasteiger partial charge in [0.1, 0.15) is 0 Å². The first-order chi connectivity index (χ1) is 24.0. The van der Waals surface area contributed by atoms with Gasteiger partial charge in [0.05, 0.1) is 0 Å². The Hall–Kier alpha value is -0.183. The van der Waals surface area contributed by atoms with E-state index in [1.807, 2.05) is 0 Å². The van der Waals surface area contributed by atoms with E-state index in [9.17, 15) is 0 Å². The predicted molar refractivity (Wildman–Crippen MR) is 235 cm³/mol. The molecule has 0 aliphatic rings. The van der Waals surface area contributed by atoms with Crippen molar-refractivity contribution in [3.05, 3.63) is 24.3 Å². The topological polar surface area (TPSA) is 18.5 Å². The second-order valence-corrected chi connectivity index (χ2v) is 50.1. The molecule has 0 aliphatic carbocycles. The van der Waals surface area contributed by atoms with Crippen molar-refractivity contribution in [1.29, 1.82) is 0 Å². The Morgan fingerprint density at radius 3 is 1.02 bits per heavy atom. The van der Waals surface area contributed by atoms with Gasteiger partial charge in [-0.2, -0.15) is 0 Å². The average Bonchev–Trinajstić information content (AvgIpc) is 3.71. The maximum atomic E-state index is 6.85. The van der Waals surface area contributed by atoms with Crippen LogP contribution in [0.2, 0.25) is 29.6 Å². The van der Waals surface area contributed by atoms with E-state index in [0.717, 1.165) is 37.6 Å². The number of unbranched alkanes of at least 4 members (excludes halogenated alkanes) is 18. The minimum absolute atomic E-state index is 0.800. The molecule has 4 aromatic rings. The molecule has 0 fully saturated rings.